The first-order valence-corrected chi connectivity index (χ1v) is 4.60. The fourth-order valence-corrected chi connectivity index (χ4v) is 1.77. The van der Waals surface area contributed by atoms with Crippen LogP contribution in [0.1, 0.15) is 20.3 Å². The van der Waals surface area contributed by atoms with Gasteiger partial charge in [0.1, 0.15) is 6.54 Å². The summed E-state index contributed by atoms with van der Waals surface area (Å²) in [5.74, 6) is 0.225. The molecule has 70 valence electrons. The third-order valence-corrected chi connectivity index (χ3v) is 2.55. The molecule has 0 aromatic rings. The second kappa shape index (κ2) is 3.54. The number of rotatable bonds is 2. The van der Waals surface area contributed by atoms with Crippen molar-refractivity contribution in [2.45, 2.75) is 26.4 Å². The minimum Gasteiger partial charge on any atom is -0.358 e. The average molecular weight is 172 g/mol. The van der Waals surface area contributed by atoms with E-state index in [-0.39, 0.29) is 12.0 Å². The van der Waals surface area contributed by atoms with Crippen molar-refractivity contribution in [1.82, 2.24) is 0 Å². The van der Waals surface area contributed by atoms with E-state index in [0.717, 1.165) is 19.5 Å². The van der Waals surface area contributed by atoms with Gasteiger partial charge in [0.05, 0.1) is 20.2 Å². The summed E-state index contributed by atoms with van der Waals surface area (Å²) in [7, 11) is 2.00. The van der Waals surface area contributed by atoms with E-state index in [1.165, 1.54) is 0 Å². The zero-order valence-electron chi connectivity index (χ0n) is 8.17. The highest BCUT2D eigenvalue weighted by atomic mass is 16.5. The van der Waals surface area contributed by atoms with Crippen LogP contribution >= 0.6 is 0 Å². The lowest BCUT2D eigenvalue weighted by Gasteiger charge is -2.37. The van der Waals surface area contributed by atoms with E-state index in [1.807, 2.05) is 14.0 Å². The second-order valence-electron chi connectivity index (χ2n) is 3.69. The highest BCUT2D eigenvalue weighted by molar-refractivity contribution is 5.74. The van der Waals surface area contributed by atoms with E-state index in [0.29, 0.717) is 11.1 Å². The minimum atomic E-state index is -0.213. The Morgan fingerprint density at radius 3 is 2.92 bits per heavy atom. The van der Waals surface area contributed by atoms with E-state index >= 15 is 0 Å². The van der Waals surface area contributed by atoms with E-state index < -0.39 is 0 Å². The predicted molar refractivity (Wildman–Crippen MR) is 46.6 cm³/mol. The van der Waals surface area contributed by atoms with Gasteiger partial charge in [-0.25, -0.2) is 4.79 Å². The van der Waals surface area contributed by atoms with Crippen molar-refractivity contribution >= 4 is 5.91 Å². The summed E-state index contributed by atoms with van der Waals surface area (Å²) < 4.78 is 5.82. The minimum absolute atomic E-state index is 0.213. The monoisotopic (exact) mass is 172 g/mol. The molecule has 1 amide bonds. The van der Waals surface area contributed by atoms with Gasteiger partial charge >= 0.3 is 5.91 Å². The maximum Gasteiger partial charge on any atom is 0.342 e. The largest absolute Gasteiger partial charge is 0.358 e. The Balaban J connectivity index is 2.67. The quantitative estimate of drug-likeness (QED) is 0.576. The van der Waals surface area contributed by atoms with E-state index in [1.54, 1.807) is 0 Å². The van der Waals surface area contributed by atoms with Gasteiger partial charge < -0.3 is 4.74 Å². The van der Waals surface area contributed by atoms with Crippen LogP contribution in [0, 0.1) is 0 Å². The molecule has 0 aromatic heterocycles. The van der Waals surface area contributed by atoms with Gasteiger partial charge in [0.2, 0.25) is 0 Å². The number of quaternary nitrogens is 1. The maximum atomic E-state index is 11.7. The summed E-state index contributed by atoms with van der Waals surface area (Å²) in [6.07, 6.45) is 0.838. The average Bonchev–Trinajstić information content (AvgIpc) is 2.01. The third-order valence-electron chi connectivity index (χ3n) is 2.55. The number of carbonyl (C=O) groups excluding carboxylic acids is 1. The SMILES string of the molecule is CCC[N+]1(C)CCOC(C)C1=O. The number of hydrogen-bond donors (Lipinski definition) is 0. The Labute approximate surface area is 73.9 Å². The van der Waals surface area contributed by atoms with Gasteiger partial charge in [0, 0.05) is 0 Å². The number of nitrogens with zero attached hydrogens (tertiary/aromatic N) is 1. The fourth-order valence-electron chi connectivity index (χ4n) is 1.77. The van der Waals surface area contributed by atoms with Crippen molar-refractivity contribution < 1.29 is 14.0 Å². The Hall–Kier alpha value is -0.410. The molecule has 3 heteroatoms. The number of amides is 1. The van der Waals surface area contributed by atoms with Crippen LogP contribution in [0.2, 0.25) is 0 Å². The van der Waals surface area contributed by atoms with Crippen LogP contribution < -0.4 is 0 Å². The van der Waals surface area contributed by atoms with Gasteiger partial charge in [-0.1, -0.05) is 6.92 Å². The van der Waals surface area contributed by atoms with Crippen molar-refractivity contribution in [3.05, 3.63) is 0 Å². The van der Waals surface area contributed by atoms with Crippen LogP contribution in [0.15, 0.2) is 0 Å². The molecule has 3 nitrogen and oxygen atoms in total. The lowest BCUT2D eigenvalue weighted by atomic mass is 10.2. The highest BCUT2D eigenvalue weighted by Gasteiger charge is 2.39. The van der Waals surface area contributed by atoms with Crippen molar-refractivity contribution in [1.29, 1.82) is 0 Å². The Morgan fingerprint density at radius 2 is 2.33 bits per heavy atom. The molecule has 2 atom stereocenters. The molecule has 0 aromatic carbocycles. The molecule has 0 bridgehead atoms. The normalized spacial score (nSPS) is 36.9. The molecule has 0 radical (unpaired) electrons. The summed E-state index contributed by atoms with van der Waals surface area (Å²) in [6.45, 7) is 6.43. The van der Waals surface area contributed by atoms with Crippen LogP contribution in [0.25, 0.3) is 0 Å². The third kappa shape index (κ3) is 1.67. The second-order valence-corrected chi connectivity index (χ2v) is 3.69. The first-order valence-electron chi connectivity index (χ1n) is 4.60. The topological polar surface area (TPSA) is 26.3 Å². The van der Waals surface area contributed by atoms with E-state index in [2.05, 4.69) is 6.92 Å². The number of hydrogen-bond acceptors (Lipinski definition) is 2. The lowest BCUT2D eigenvalue weighted by molar-refractivity contribution is -0.842. The molecule has 12 heavy (non-hydrogen) atoms. The van der Waals surface area contributed by atoms with Gasteiger partial charge in [-0.2, -0.15) is 0 Å². The zero-order chi connectivity index (χ0) is 9.19. The Morgan fingerprint density at radius 1 is 1.67 bits per heavy atom. The van der Waals surface area contributed by atoms with Crippen LogP contribution in [-0.4, -0.2) is 43.2 Å². The molecule has 1 rings (SSSR count). The molecule has 1 saturated heterocycles. The predicted octanol–water partition coefficient (Wildman–Crippen LogP) is 0.788. The molecular weight excluding hydrogens is 154 g/mol. The van der Waals surface area contributed by atoms with Gasteiger partial charge in [0.25, 0.3) is 0 Å². The summed E-state index contributed by atoms with van der Waals surface area (Å²) >= 11 is 0. The van der Waals surface area contributed by atoms with Crippen LogP contribution in [0.4, 0.5) is 0 Å². The van der Waals surface area contributed by atoms with Gasteiger partial charge in [-0.3, -0.25) is 4.48 Å². The molecule has 2 unspecified atom stereocenters. The summed E-state index contributed by atoms with van der Waals surface area (Å²) in [5.41, 5.74) is 0. The number of ether oxygens (including phenoxy) is 1. The number of morpholine rings is 1. The first-order chi connectivity index (χ1) is 5.60. The number of likely N-dealkylation sites (N-methyl/N-ethyl adjacent to an activating group) is 1. The Bertz CT molecular complexity index is 177. The summed E-state index contributed by atoms with van der Waals surface area (Å²) in [6, 6.07) is 0. The molecule has 1 aliphatic rings. The van der Waals surface area contributed by atoms with Crippen molar-refractivity contribution in [2.75, 3.05) is 26.7 Å². The van der Waals surface area contributed by atoms with Crippen LogP contribution in [0.5, 0.6) is 0 Å². The molecule has 0 spiro atoms. The summed E-state index contributed by atoms with van der Waals surface area (Å²) in [5, 5.41) is 0. The summed E-state index contributed by atoms with van der Waals surface area (Å²) in [4.78, 5) is 11.7. The van der Waals surface area contributed by atoms with E-state index in [9.17, 15) is 4.79 Å². The van der Waals surface area contributed by atoms with Crippen molar-refractivity contribution in [3.8, 4) is 0 Å². The van der Waals surface area contributed by atoms with Crippen LogP contribution in [-0.2, 0) is 9.53 Å². The molecular formula is C9H18NO2+. The van der Waals surface area contributed by atoms with Gasteiger partial charge in [0.15, 0.2) is 6.10 Å². The number of carbonyl (C=O) groups is 1. The molecule has 1 aliphatic heterocycles. The Kier molecular flexibility index (Phi) is 2.85. The van der Waals surface area contributed by atoms with Gasteiger partial charge in [-0.15, -0.1) is 0 Å². The highest BCUT2D eigenvalue weighted by Crippen LogP contribution is 2.14. The lowest BCUT2D eigenvalue weighted by Crippen LogP contribution is -2.59. The first kappa shape index (κ1) is 9.68. The van der Waals surface area contributed by atoms with Gasteiger partial charge in [-0.05, 0) is 13.3 Å². The molecule has 0 saturated carbocycles. The molecule has 1 heterocycles. The van der Waals surface area contributed by atoms with E-state index in [4.69, 9.17) is 4.74 Å². The standard InChI is InChI=1S/C9H18NO2/c1-4-5-10(3)6-7-12-8(2)9(10)11/h8H,4-7H2,1-3H3/q+1. The molecule has 1 fully saturated rings. The maximum absolute atomic E-state index is 11.7. The molecule has 0 N–H and O–H groups in total. The smallest absolute Gasteiger partial charge is 0.342 e. The molecule has 0 aliphatic carbocycles. The van der Waals surface area contributed by atoms with Crippen molar-refractivity contribution in [2.24, 2.45) is 0 Å². The van der Waals surface area contributed by atoms with Crippen molar-refractivity contribution in [3.63, 3.8) is 0 Å². The fraction of sp³-hybridized carbons (Fsp3) is 0.889. The van der Waals surface area contributed by atoms with Crippen LogP contribution in [0.3, 0.4) is 0 Å². The zero-order valence-corrected chi connectivity index (χ0v) is 8.17.